The fourth-order valence-electron chi connectivity index (χ4n) is 3.00. The molecule has 0 radical (unpaired) electrons. The molecule has 1 unspecified atom stereocenters. The van der Waals surface area contributed by atoms with Gasteiger partial charge in [-0.05, 0) is 49.9 Å². The van der Waals surface area contributed by atoms with E-state index >= 15 is 0 Å². The zero-order valence-corrected chi connectivity index (χ0v) is 15.4. The first kappa shape index (κ1) is 19.0. The fraction of sp³-hybridized carbons (Fsp3) is 0.611. The number of piperidine rings is 1. The number of hydrogen-bond acceptors (Lipinski definition) is 4. The molecule has 1 aromatic rings. The van der Waals surface area contributed by atoms with Crippen LogP contribution in [0.4, 0.5) is 0 Å². The molecule has 24 heavy (non-hydrogen) atoms. The van der Waals surface area contributed by atoms with Gasteiger partial charge in [0.05, 0.1) is 19.6 Å². The minimum absolute atomic E-state index is 0.00755. The van der Waals surface area contributed by atoms with Crippen molar-refractivity contribution in [1.82, 2.24) is 4.90 Å². The molecule has 1 aromatic carbocycles. The number of halogens is 1. The maximum atomic E-state index is 12.1. The summed E-state index contributed by atoms with van der Waals surface area (Å²) in [7, 11) is 1.57. The van der Waals surface area contributed by atoms with Crippen LogP contribution >= 0.6 is 11.6 Å². The topological polar surface area (TPSA) is 59.0 Å². The van der Waals surface area contributed by atoms with Gasteiger partial charge in [-0.1, -0.05) is 11.6 Å². The number of rotatable bonds is 6. The molecule has 5 nitrogen and oxygen atoms in total. The van der Waals surface area contributed by atoms with Crippen LogP contribution in [0.15, 0.2) is 12.1 Å². The van der Waals surface area contributed by atoms with E-state index in [1.165, 1.54) is 0 Å². The summed E-state index contributed by atoms with van der Waals surface area (Å²) in [6, 6.07) is 3.73. The van der Waals surface area contributed by atoms with Crippen molar-refractivity contribution >= 4 is 17.5 Å². The maximum absolute atomic E-state index is 12.1. The smallest absolute Gasteiger partial charge is 0.224 e. The van der Waals surface area contributed by atoms with Crippen molar-refractivity contribution in [3.8, 4) is 5.75 Å². The Bertz CT molecular complexity index is 569. The highest BCUT2D eigenvalue weighted by atomic mass is 35.5. The fourth-order valence-corrected chi connectivity index (χ4v) is 3.11. The van der Waals surface area contributed by atoms with E-state index < -0.39 is 5.60 Å². The predicted molar refractivity (Wildman–Crippen MR) is 93.7 cm³/mol. The van der Waals surface area contributed by atoms with Gasteiger partial charge < -0.3 is 19.5 Å². The van der Waals surface area contributed by atoms with E-state index in [0.717, 1.165) is 22.6 Å². The highest BCUT2D eigenvalue weighted by molar-refractivity contribution is 6.32. The number of nitrogens with zero attached hydrogens (tertiary/aromatic N) is 1. The molecule has 0 bridgehead atoms. The standard InChI is InChI=1S/C18H26ClNO4/c1-13-9-15(10-14(2)17(13)19)24-12-18(22)6-4-7-20(11-18)16(21)5-8-23-3/h9-10,22H,4-8,11-12H2,1-3H3. The van der Waals surface area contributed by atoms with Crippen LogP contribution in [0.25, 0.3) is 0 Å². The van der Waals surface area contributed by atoms with E-state index in [-0.39, 0.29) is 12.5 Å². The van der Waals surface area contributed by atoms with Crippen LogP contribution in [-0.2, 0) is 9.53 Å². The molecule has 134 valence electrons. The lowest BCUT2D eigenvalue weighted by atomic mass is 9.93. The van der Waals surface area contributed by atoms with Crippen LogP contribution in [0.3, 0.4) is 0 Å². The number of methoxy groups -OCH3 is 1. The highest BCUT2D eigenvalue weighted by Crippen LogP contribution is 2.28. The van der Waals surface area contributed by atoms with Gasteiger partial charge in [-0.15, -0.1) is 0 Å². The summed E-state index contributed by atoms with van der Waals surface area (Å²) in [5.74, 6) is 0.693. The highest BCUT2D eigenvalue weighted by Gasteiger charge is 2.35. The number of likely N-dealkylation sites (tertiary alicyclic amines) is 1. The second kappa shape index (κ2) is 8.19. The van der Waals surface area contributed by atoms with Gasteiger partial charge in [0.1, 0.15) is 18.0 Å². The Morgan fingerprint density at radius 1 is 1.38 bits per heavy atom. The molecule has 1 saturated heterocycles. The first-order chi connectivity index (χ1) is 11.3. The molecule has 6 heteroatoms. The average Bonchev–Trinajstić information content (AvgIpc) is 2.55. The van der Waals surface area contributed by atoms with Crippen LogP contribution < -0.4 is 4.74 Å². The molecule has 1 aliphatic heterocycles. The molecule has 1 aliphatic rings. The lowest BCUT2D eigenvalue weighted by molar-refractivity contribution is -0.141. The van der Waals surface area contributed by atoms with Gasteiger partial charge in [-0.3, -0.25) is 4.79 Å². The van der Waals surface area contributed by atoms with E-state index in [2.05, 4.69) is 0 Å². The summed E-state index contributed by atoms with van der Waals surface area (Å²) in [6.45, 7) is 5.36. The lowest BCUT2D eigenvalue weighted by Crippen LogP contribution is -2.53. The summed E-state index contributed by atoms with van der Waals surface area (Å²) >= 11 is 6.16. The van der Waals surface area contributed by atoms with Crippen molar-refractivity contribution in [1.29, 1.82) is 0 Å². The van der Waals surface area contributed by atoms with Gasteiger partial charge >= 0.3 is 0 Å². The van der Waals surface area contributed by atoms with Gasteiger partial charge in [0.15, 0.2) is 0 Å². The molecule has 1 fully saturated rings. The third-order valence-corrected chi connectivity index (χ3v) is 4.94. The summed E-state index contributed by atoms with van der Waals surface area (Å²) in [4.78, 5) is 13.8. The van der Waals surface area contributed by atoms with E-state index in [1.807, 2.05) is 26.0 Å². The first-order valence-corrected chi connectivity index (χ1v) is 8.61. The van der Waals surface area contributed by atoms with Gasteiger partial charge in [-0.25, -0.2) is 0 Å². The number of benzene rings is 1. The number of carbonyl (C=O) groups is 1. The average molecular weight is 356 g/mol. The van der Waals surface area contributed by atoms with Crippen molar-refractivity contribution < 1.29 is 19.4 Å². The Morgan fingerprint density at radius 2 is 2.04 bits per heavy atom. The number of amides is 1. The minimum atomic E-state index is -1.03. The Labute approximate surface area is 148 Å². The van der Waals surface area contributed by atoms with Crippen LogP contribution in [0.5, 0.6) is 5.75 Å². The van der Waals surface area contributed by atoms with Gasteiger partial charge in [-0.2, -0.15) is 0 Å². The zero-order valence-electron chi connectivity index (χ0n) is 14.6. The van der Waals surface area contributed by atoms with Crippen LogP contribution in [-0.4, -0.2) is 54.9 Å². The monoisotopic (exact) mass is 355 g/mol. The first-order valence-electron chi connectivity index (χ1n) is 8.23. The summed E-state index contributed by atoms with van der Waals surface area (Å²) < 4.78 is 10.8. The third-order valence-electron chi connectivity index (χ3n) is 4.35. The van der Waals surface area contributed by atoms with Crippen molar-refractivity contribution in [3.63, 3.8) is 0 Å². The normalized spacial score (nSPS) is 21.0. The molecule has 1 N–H and O–H groups in total. The number of β-amino-alcohol motifs (C(OH)–C–C–N with tert-alkyl or cyclic N) is 1. The second-order valence-electron chi connectivity index (χ2n) is 6.55. The summed E-state index contributed by atoms with van der Waals surface area (Å²) in [5.41, 5.74) is 0.861. The molecular weight excluding hydrogens is 330 g/mol. The molecule has 1 amide bonds. The van der Waals surface area contributed by atoms with Crippen molar-refractivity contribution in [2.24, 2.45) is 0 Å². The van der Waals surface area contributed by atoms with Crippen molar-refractivity contribution in [2.45, 2.75) is 38.7 Å². The Kier molecular flexibility index (Phi) is 6.49. The number of carbonyl (C=O) groups excluding carboxylic acids is 1. The summed E-state index contributed by atoms with van der Waals surface area (Å²) in [6.07, 6.45) is 1.72. The molecule has 1 heterocycles. The molecule has 1 atom stereocenters. The van der Waals surface area contributed by atoms with Crippen molar-refractivity contribution in [2.75, 3.05) is 33.4 Å². The second-order valence-corrected chi connectivity index (χ2v) is 6.92. The number of aryl methyl sites for hydroxylation is 2. The maximum Gasteiger partial charge on any atom is 0.224 e. The van der Waals surface area contributed by atoms with E-state index in [9.17, 15) is 9.90 Å². The van der Waals surface area contributed by atoms with Crippen LogP contribution in [0.1, 0.15) is 30.4 Å². The predicted octanol–water partition coefficient (Wildman–Crippen LogP) is 2.73. The number of hydrogen-bond donors (Lipinski definition) is 1. The molecule has 0 spiro atoms. The van der Waals surface area contributed by atoms with Gasteiger partial charge in [0.2, 0.25) is 5.91 Å². The molecule has 0 saturated carbocycles. The number of aliphatic hydroxyl groups is 1. The van der Waals surface area contributed by atoms with Gasteiger partial charge in [0, 0.05) is 18.7 Å². The molecule has 2 rings (SSSR count). The van der Waals surface area contributed by atoms with Crippen LogP contribution in [0.2, 0.25) is 5.02 Å². The Hall–Kier alpha value is -1.30. The summed E-state index contributed by atoms with van der Waals surface area (Å²) in [5, 5.41) is 11.5. The van der Waals surface area contributed by atoms with E-state index in [4.69, 9.17) is 21.1 Å². The van der Waals surface area contributed by atoms with Gasteiger partial charge in [0.25, 0.3) is 0 Å². The quantitative estimate of drug-likeness (QED) is 0.852. The SMILES string of the molecule is COCCC(=O)N1CCCC(O)(COc2cc(C)c(Cl)c(C)c2)C1. The Balaban J connectivity index is 1.96. The van der Waals surface area contributed by atoms with Crippen molar-refractivity contribution in [3.05, 3.63) is 28.3 Å². The largest absolute Gasteiger partial charge is 0.491 e. The lowest BCUT2D eigenvalue weighted by Gasteiger charge is -2.39. The molecule has 0 aromatic heterocycles. The minimum Gasteiger partial charge on any atom is -0.491 e. The Morgan fingerprint density at radius 3 is 2.67 bits per heavy atom. The third kappa shape index (κ3) is 4.85. The van der Waals surface area contributed by atoms with Crippen LogP contribution in [0, 0.1) is 13.8 Å². The zero-order chi connectivity index (χ0) is 17.7. The molecule has 0 aliphatic carbocycles. The van der Waals surface area contributed by atoms with E-state index in [0.29, 0.717) is 38.3 Å². The number of ether oxygens (including phenoxy) is 2. The van der Waals surface area contributed by atoms with E-state index in [1.54, 1.807) is 12.0 Å². The molecular formula is C18H26ClNO4.